The Labute approximate surface area is 100 Å². The predicted molar refractivity (Wildman–Crippen MR) is 64.1 cm³/mol. The summed E-state index contributed by atoms with van der Waals surface area (Å²) >= 11 is 0. The van der Waals surface area contributed by atoms with Crippen molar-refractivity contribution in [1.29, 1.82) is 0 Å². The highest BCUT2D eigenvalue weighted by Gasteiger charge is 2.19. The molecule has 0 unspecified atom stereocenters. The van der Waals surface area contributed by atoms with E-state index in [0.717, 1.165) is 5.69 Å². The standard InChI is InChI=1S/C12H17N3O2/c1-15(8-12(16)17)11-7-6-10(13-14-11)9-4-2-3-5-9/h6-7,9H,2-5,8H2,1H3,(H,16,17). The van der Waals surface area contributed by atoms with Crippen LogP contribution in [0.25, 0.3) is 0 Å². The van der Waals surface area contributed by atoms with Crippen molar-refractivity contribution in [1.82, 2.24) is 10.2 Å². The SMILES string of the molecule is CN(CC(=O)O)c1ccc(C2CCCC2)nn1. The van der Waals surface area contributed by atoms with Gasteiger partial charge in [-0.25, -0.2) is 0 Å². The molecule has 1 aromatic heterocycles. The summed E-state index contributed by atoms with van der Waals surface area (Å²) in [5.41, 5.74) is 1.04. The van der Waals surface area contributed by atoms with Gasteiger partial charge < -0.3 is 10.0 Å². The maximum absolute atomic E-state index is 10.6. The van der Waals surface area contributed by atoms with Crippen LogP contribution in [0.4, 0.5) is 5.82 Å². The van der Waals surface area contributed by atoms with Gasteiger partial charge >= 0.3 is 5.97 Å². The van der Waals surface area contributed by atoms with E-state index in [1.54, 1.807) is 11.9 Å². The normalized spacial score (nSPS) is 16.1. The van der Waals surface area contributed by atoms with E-state index in [1.807, 2.05) is 12.1 Å². The average molecular weight is 235 g/mol. The van der Waals surface area contributed by atoms with Gasteiger partial charge in [-0.05, 0) is 25.0 Å². The Balaban J connectivity index is 2.04. The molecule has 0 aromatic carbocycles. The summed E-state index contributed by atoms with van der Waals surface area (Å²) < 4.78 is 0. The zero-order valence-electron chi connectivity index (χ0n) is 9.96. The van der Waals surface area contributed by atoms with E-state index in [-0.39, 0.29) is 6.54 Å². The van der Waals surface area contributed by atoms with E-state index in [0.29, 0.717) is 11.7 Å². The van der Waals surface area contributed by atoms with Gasteiger partial charge in [-0.1, -0.05) is 12.8 Å². The number of carbonyl (C=O) groups is 1. The third-order valence-electron chi connectivity index (χ3n) is 3.21. The molecule has 1 heterocycles. The number of anilines is 1. The minimum absolute atomic E-state index is 0.0581. The van der Waals surface area contributed by atoms with E-state index < -0.39 is 5.97 Å². The molecule has 0 aliphatic heterocycles. The molecule has 0 atom stereocenters. The van der Waals surface area contributed by atoms with Crippen molar-refractivity contribution in [3.8, 4) is 0 Å². The fourth-order valence-electron chi connectivity index (χ4n) is 2.26. The number of carboxylic acid groups (broad SMARTS) is 1. The first-order valence-corrected chi connectivity index (χ1v) is 5.93. The number of rotatable bonds is 4. The molecule has 2 rings (SSSR count). The van der Waals surface area contributed by atoms with Crippen LogP contribution >= 0.6 is 0 Å². The van der Waals surface area contributed by atoms with E-state index >= 15 is 0 Å². The average Bonchev–Trinajstić information content (AvgIpc) is 2.82. The lowest BCUT2D eigenvalue weighted by Gasteiger charge is -2.15. The van der Waals surface area contributed by atoms with Gasteiger partial charge in [0.25, 0.3) is 0 Å². The summed E-state index contributed by atoms with van der Waals surface area (Å²) in [6.45, 7) is -0.0581. The molecule has 0 bridgehead atoms. The molecule has 0 saturated heterocycles. The first-order chi connectivity index (χ1) is 8.16. The van der Waals surface area contributed by atoms with Crippen molar-refractivity contribution in [2.24, 2.45) is 0 Å². The molecule has 92 valence electrons. The summed E-state index contributed by atoms with van der Waals surface area (Å²) in [7, 11) is 1.70. The zero-order chi connectivity index (χ0) is 12.3. The Kier molecular flexibility index (Phi) is 3.56. The fourth-order valence-corrected chi connectivity index (χ4v) is 2.26. The number of hydrogen-bond donors (Lipinski definition) is 1. The fraction of sp³-hybridized carbons (Fsp3) is 0.583. The van der Waals surface area contributed by atoms with Gasteiger partial charge in [-0.15, -0.1) is 5.10 Å². The minimum Gasteiger partial charge on any atom is -0.480 e. The summed E-state index contributed by atoms with van der Waals surface area (Å²) in [6, 6.07) is 3.82. The number of carboxylic acids is 1. The Bertz CT molecular complexity index is 385. The molecule has 1 aromatic rings. The van der Waals surface area contributed by atoms with Crippen LogP contribution in [0, 0.1) is 0 Å². The summed E-state index contributed by atoms with van der Waals surface area (Å²) in [4.78, 5) is 12.1. The van der Waals surface area contributed by atoms with Crippen molar-refractivity contribution < 1.29 is 9.90 Å². The molecule has 0 radical (unpaired) electrons. The van der Waals surface area contributed by atoms with Crippen LogP contribution in [0.1, 0.15) is 37.3 Å². The quantitative estimate of drug-likeness (QED) is 0.859. The van der Waals surface area contributed by atoms with E-state index in [4.69, 9.17) is 5.11 Å². The Hall–Kier alpha value is -1.65. The van der Waals surface area contributed by atoms with E-state index in [9.17, 15) is 4.79 Å². The molecule has 1 fully saturated rings. The first-order valence-electron chi connectivity index (χ1n) is 5.93. The number of likely N-dealkylation sites (N-methyl/N-ethyl adjacent to an activating group) is 1. The van der Waals surface area contributed by atoms with Gasteiger partial charge in [-0.2, -0.15) is 5.10 Å². The van der Waals surface area contributed by atoms with Crippen molar-refractivity contribution >= 4 is 11.8 Å². The van der Waals surface area contributed by atoms with Gasteiger partial charge in [0.2, 0.25) is 0 Å². The maximum Gasteiger partial charge on any atom is 0.323 e. The molecule has 0 spiro atoms. The second-order valence-electron chi connectivity index (χ2n) is 4.55. The highest BCUT2D eigenvalue weighted by Crippen LogP contribution is 2.32. The Morgan fingerprint density at radius 1 is 1.41 bits per heavy atom. The smallest absolute Gasteiger partial charge is 0.323 e. The summed E-state index contributed by atoms with van der Waals surface area (Å²) in [5, 5.41) is 17.0. The molecule has 1 N–H and O–H groups in total. The molecule has 1 aliphatic carbocycles. The largest absolute Gasteiger partial charge is 0.480 e. The second kappa shape index (κ2) is 5.12. The van der Waals surface area contributed by atoms with E-state index in [2.05, 4.69) is 10.2 Å². The van der Waals surface area contributed by atoms with Gasteiger partial charge in [0, 0.05) is 13.0 Å². The number of hydrogen-bond acceptors (Lipinski definition) is 4. The second-order valence-corrected chi connectivity index (χ2v) is 4.55. The van der Waals surface area contributed by atoms with Gasteiger partial charge in [0.1, 0.15) is 6.54 Å². The van der Waals surface area contributed by atoms with Crippen LogP contribution in [0.15, 0.2) is 12.1 Å². The van der Waals surface area contributed by atoms with Crippen LogP contribution in [-0.2, 0) is 4.79 Å². The number of aliphatic carboxylic acids is 1. The third-order valence-corrected chi connectivity index (χ3v) is 3.21. The minimum atomic E-state index is -0.867. The molecular formula is C12H17N3O2. The summed E-state index contributed by atoms with van der Waals surface area (Å²) in [5.74, 6) is 0.282. The monoisotopic (exact) mass is 235 g/mol. The van der Waals surface area contributed by atoms with Crippen molar-refractivity contribution in [3.05, 3.63) is 17.8 Å². The maximum atomic E-state index is 10.6. The van der Waals surface area contributed by atoms with Crippen molar-refractivity contribution in [2.45, 2.75) is 31.6 Å². The molecular weight excluding hydrogens is 218 g/mol. The Morgan fingerprint density at radius 3 is 2.65 bits per heavy atom. The van der Waals surface area contributed by atoms with Crippen LogP contribution < -0.4 is 4.90 Å². The van der Waals surface area contributed by atoms with Gasteiger partial charge in [-0.3, -0.25) is 4.79 Å². The molecule has 0 amide bonds. The lowest BCUT2D eigenvalue weighted by molar-refractivity contribution is -0.135. The molecule has 5 nitrogen and oxygen atoms in total. The van der Waals surface area contributed by atoms with Crippen LogP contribution in [-0.4, -0.2) is 34.9 Å². The number of aromatic nitrogens is 2. The molecule has 1 saturated carbocycles. The Morgan fingerprint density at radius 2 is 2.12 bits per heavy atom. The highest BCUT2D eigenvalue weighted by molar-refractivity contribution is 5.72. The molecule has 5 heteroatoms. The highest BCUT2D eigenvalue weighted by atomic mass is 16.4. The lowest BCUT2D eigenvalue weighted by Crippen LogP contribution is -2.26. The van der Waals surface area contributed by atoms with Crippen LogP contribution in [0.5, 0.6) is 0 Å². The third kappa shape index (κ3) is 2.93. The van der Waals surface area contributed by atoms with Crippen molar-refractivity contribution in [2.75, 3.05) is 18.5 Å². The molecule has 1 aliphatic rings. The van der Waals surface area contributed by atoms with Crippen molar-refractivity contribution in [3.63, 3.8) is 0 Å². The van der Waals surface area contributed by atoms with E-state index in [1.165, 1.54) is 25.7 Å². The summed E-state index contributed by atoms with van der Waals surface area (Å²) in [6.07, 6.45) is 4.93. The predicted octanol–water partition coefficient (Wildman–Crippen LogP) is 1.66. The zero-order valence-corrected chi connectivity index (χ0v) is 9.96. The topological polar surface area (TPSA) is 66.3 Å². The van der Waals surface area contributed by atoms with Crippen LogP contribution in [0.2, 0.25) is 0 Å². The lowest BCUT2D eigenvalue weighted by atomic mass is 10.0. The van der Waals surface area contributed by atoms with Gasteiger partial charge in [0.15, 0.2) is 5.82 Å². The number of nitrogens with zero attached hydrogens (tertiary/aromatic N) is 3. The molecule has 17 heavy (non-hydrogen) atoms. The van der Waals surface area contributed by atoms with Gasteiger partial charge in [0.05, 0.1) is 5.69 Å². The first kappa shape index (κ1) is 11.8. The van der Waals surface area contributed by atoms with Crippen LogP contribution in [0.3, 0.4) is 0 Å².